The monoisotopic (exact) mass is 431 g/mol. The number of hydrogen-bond donors (Lipinski definition) is 2. The van der Waals surface area contributed by atoms with Gasteiger partial charge in [-0.1, -0.05) is 26.0 Å². The number of piperazine rings is 1. The average molecular weight is 431 g/mol. The van der Waals surface area contributed by atoms with Gasteiger partial charge in [0.05, 0.1) is 6.54 Å². The van der Waals surface area contributed by atoms with E-state index in [2.05, 4.69) is 46.1 Å². The van der Waals surface area contributed by atoms with Gasteiger partial charge in [-0.15, -0.1) is 24.0 Å². The summed E-state index contributed by atoms with van der Waals surface area (Å²) in [6, 6.07) is 8.32. The molecule has 1 aliphatic rings. The van der Waals surface area contributed by atoms with Gasteiger partial charge in [0.2, 0.25) is 0 Å². The number of nitrogens with two attached hydrogens (primary N) is 1. The molecular formula is C17H30IN5. The fourth-order valence-electron chi connectivity index (χ4n) is 2.65. The first-order valence-corrected chi connectivity index (χ1v) is 8.32. The van der Waals surface area contributed by atoms with Gasteiger partial charge in [0.25, 0.3) is 0 Å². The molecule has 0 saturated carbocycles. The van der Waals surface area contributed by atoms with Crippen molar-refractivity contribution >= 4 is 35.6 Å². The van der Waals surface area contributed by atoms with Crippen molar-refractivity contribution in [2.75, 3.05) is 51.1 Å². The van der Waals surface area contributed by atoms with Gasteiger partial charge in [-0.25, -0.2) is 0 Å². The average Bonchev–Trinajstić information content (AvgIpc) is 2.56. The second-order valence-corrected chi connectivity index (χ2v) is 5.72. The van der Waals surface area contributed by atoms with Crippen LogP contribution in [-0.2, 0) is 6.42 Å². The molecule has 1 saturated heterocycles. The Kier molecular flexibility index (Phi) is 9.50. The number of rotatable bonds is 6. The Labute approximate surface area is 157 Å². The molecule has 0 amide bonds. The summed E-state index contributed by atoms with van der Waals surface area (Å²) in [6.07, 6.45) is 1.05. The highest BCUT2D eigenvalue weighted by molar-refractivity contribution is 14.0. The minimum Gasteiger partial charge on any atom is -0.370 e. The number of guanidine groups is 1. The zero-order valence-electron chi connectivity index (χ0n) is 14.3. The van der Waals surface area contributed by atoms with Gasteiger partial charge in [0.1, 0.15) is 0 Å². The molecule has 0 radical (unpaired) electrons. The largest absolute Gasteiger partial charge is 0.370 e. The number of likely N-dealkylation sites (N-methyl/N-ethyl adjacent to an activating group) is 1. The third kappa shape index (κ3) is 7.05. The molecule has 5 nitrogen and oxygen atoms in total. The van der Waals surface area contributed by atoms with Crippen molar-refractivity contribution in [1.29, 1.82) is 0 Å². The minimum atomic E-state index is 0. The zero-order valence-corrected chi connectivity index (χ0v) is 16.6. The molecule has 1 aromatic rings. The number of halogens is 1. The summed E-state index contributed by atoms with van der Waals surface area (Å²) in [4.78, 5) is 9.36. The number of aryl methyl sites for hydroxylation is 1. The molecule has 0 aliphatic carbocycles. The lowest BCUT2D eigenvalue weighted by molar-refractivity contribution is 0.140. The van der Waals surface area contributed by atoms with Crippen molar-refractivity contribution in [2.24, 2.45) is 10.7 Å². The molecule has 6 heteroatoms. The fraction of sp³-hybridized carbons (Fsp3) is 0.588. The summed E-state index contributed by atoms with van der Waals surface area (Å²) in [5, 5.41) is 3.15. The highest BCUT2D eigenvalue weighted by Crippen LogP contribution is 2.09. The van der Waals surface area contributed by atoms with E-state index in [4.69, 9.17) is 5.73 Å². The highest BCUT2D eigenvalue weighted by Gasteiger charge is 2.14. The van der Waals surface area contributed by atoms with Gasteiger partial charge in [0.15, 0.2) is 5.96 Å². The van der Waals surface area contributed by atoms with E-state index in [9.17, 15) is 0 Å². The number of anilines is 1. The summed E-state index contributed by atoms with van der Waals surface area (Å²) in [5.41, 5.74) is 8.27. The van der Waals surface area contributed by atoms with E-state index in [0.29, 0.717) is 5.96 Å². The van der Waals surface area contributed by atoms with Crippen LogP contribution in [0, 0.1) is 0 Å². The summed E-state index contributed by atoms with van der Waals surface area (Å²) in [6.45, 7) is 11.9. The fourth-order valence-corrected chi connectivity index (χ4v) is 2.65. The van der Waals surface area contributed by atoms with Gasteiger partial charge in [-0.05, 0) is 30.7 Å². The van der Waals surface area contributed by atoms with Crippen molar-refractivity contribution in [3.05, 3.63) is 29.8 Å². The van der Waals surface area contributed by atoms with Crippen LogP contribution in [0.25, 0.3) is 0 Å². The van der Waals surface area contributed by atoms with Gasteiger partial charge in [-0.2, -0.15) is 0 Å². The minimum absolute atomic E-state index is 0. The van der Waals surface area contributed by atoms with E-state index in [1.54, 1.807) is 0 Å². The molecule has 2 rings (SSSR count). The molecule has 1 aromatic carbocycles. The highest BCUT2D eigenvalue weighted by atomic mass is 127. The van der Waals surface area contributed by atoms with Crippen LogP contribution >= 0.6 is 24.0 Å². The second-order valence-electron chi connectivity index (χ2n) is 5.72. The topological polar surface area (TPSA) is 56.9 Å². The Balaban J connectivity index is 0.00000264. The van der Waals surface area contributed by atoms with Crippen LogP contribution in [0.1, 0.15) is 19.4 Å². The first-order chi connectivity index (χ1) is 10.7. The molecule has 0 spiro atoms. The van der Waals surface area contributed by atoms with Crippen LogP contribution in [0.3, 0.4) is 0 Å². The Hall–Kier alpha value is -0.860. The van der Waals surface area contributed by atoms with Crippen LogP contribution in [0.2, 0.25) is 0 Å². The quantitative estimate of drug-likeness (QED) is 0.412. The van der Waals surface area contributed by atoms with Gasteiger partial charge < -0.3 is 16.0 Å². The lowest BCUT2D eigenvalue weighted by Crippen LogP contribution is -2.46. The van der Waals surface area contributed by atoms with Gasteiger partial charge in [0, 0.05) is 38.4 Å². The molecular weight excluding hydrogens is 401 g/mol. The van der Waals surface area contributed by atoms with Crippen molar-refractivity contribution in [2.45, 2.75) is 20.3 Å². The standard InChI is InChI=1S/C17H29N5.HI/c1-3-15-5-7-16(8-6-15)20-17(18)19-9-10-22-13-11-21(4-2)12-14-22;/h5-8H,3-4,9-14H2,1-2H3,(H3,18,19,20);1H. The molecule has 23 heavy (non-hydrogen) atoms. The van der Waals surface area contributed by atoms with Crippen LogP contribution in [0.15, 0.2) is 29.3 Å². The lowest BCUT2D eigenvalue weighted by Gasteiger charge is -2.33. The Bertz CT molecular complexity index is 466. The molecule has 3 N–H and O–H groups in total. The molecule has 0 bridgehead atoms. The maximum absolute atomic E-state index is 5.95. The third-order valence-corrected chi connectivity index (χ3v) is 4.25. The molecule has 0 atom stereocenters. The summed E-state index contributed by atoms with van der Waals surface area (Å²) < 4.78 is 0. The SMILES string of the molecule is CCc1ccc(NC(N)=NCCN2CCN(CC)CC2)cc1.I. The third-order valence-electron chi connectivity index (χ3n) is 4.25. The van der Waals surface area contributed by atoms with Crippen molar-refractivity contribution in [3.63, 3.8) is 0 Å². The number of nitrogens with one attached hydrogen (secondary N) is 1. The first-order valence-electron chi connectivity index (χ1n) is 8.32. The van der Waals surface area contributed by atoms with E-state index < -0.39 is 0 Å². The van der Waals surface area contributed by atoms with E-state index >= 15 is 0 Å². The summed E-state index contributed by atoms with van der Waals surface area (Å²) in [5.74, 6) is 0.497. The summed E-state index contributed by atoms with van der Waals surface area (Å²) >= 11 is 0. The molecule has 1 aliphatic heterocycles. The molecule has 1 fully saturated rings. The number of nitrogens with zero attached hydrogens (tertiary/aromatic N) is 3. The van der Waals surface area contributed by atoms with Crippen molar-refractivity contribution in [1.82, 2.24) is 9.80 Å². The number of aliphatic imine (C=N–C) groups is 1. The van der Waals surface area contributed by atoms with E-state index in [1.807, 2.05) is 12.1 Å². The smallest absolute Gasteiger partial charge is 0.193 e. The lowest BCUT2D eigenvalue weighted by atomic mass is 10.1. The van der Waals surface area contributed by atoms with Crippen LogP contribution in [-0.4, -0.2) is 61.6 Å². The van der Waals surface area contributed by atoms with Crippen molar-refractivity contribution in [3.8, 4) is 0 Å². The Morgan fingerprint density at radius 3 is 2.26 bits per heavy atom. The number of hydrogen-bond acceptors (Lipinski definition) is 3. The Morgan fingerprint density at radius 1 is 1.09 bits per heavy atom. The maximum atomic E-state index is 5.95. The molecule has 130 valence electrons. The van der Waals surface area contributed by atoms with E-state index in [1.165, 1.54) is 5.56 Å². The summed E-state index contributed by atoms with van der Waals surface area (Å²) in [7, 11) is 0. The maximum Gasteiger partial charge on any atom is 0.193 e. The van der Waals surface area contributed by atoms with Gasteiger partial charge >= 0.3 is 0 Å². The predicted octanol–water partition coefficient (Wildman–Crippen LogP) is 2.23. The second kappa shape index (κ2) is 10.8. The zero-order chi connectivity index (χ0) is 15.8. The normalized spacial score (nSPS) is 16.9. The molecule has 1 heterocycles. The van der Waals surface area contributed by atoms with Crippen LogP contribution in [0.5, 0.6) is 0 Å². The van der Waals surface area contributed by atoms with E-state index in [0.717, 1.165) is 57.9 Å². The number of benzene rings is 1. The van der Waals surface area contributed by atoms with Crippen LogP contribution in [0.4, 0.5) is 5.69 Å². The molecule has 0 aromatic heterocycles. The predicted molar refractivity (Wildman–Crippen MR) is 110 cm³/mol. The Morgan fingerprint density at radius 2 is 1.70 bits per heavy atom. The first kappa shape index (κ1) is 20.2. The van der Waals surface area contributed by atoms with E-state index in [-0.39, 0.29) is 24.0 Å². The van der Waals surface area contributed by atoms with Gasteiger partial charge in [-0.3, -0.25) is 9.89 Å². The van der Waals surface area contributed by atoms with Crippen LogP contribution < -0.4 is 11.1 Å². The van der Waals surface area contributed by atoms with Crippen molar-refractivity contribution < 1.29 is 0 Å². The molecule has 0 unspecified atom stereocenters.